The van der Waals surface area contributed by atoms with E-state index in [0.717, 1.165) is 42.0 Å². The second kappa shape index (κ2) is 13.9. The molecular weight excluding hydrogens is 823 g/mol. The number of ether oxygens (including phenoxy) is 4. The molecular formula is C44H50Cl2O6Te. The molecule has 53 heavy (non-hydrogen) atoms. The van der Waals surface area contributed by atoms with Crippen molar-refractivity contribution in [1.29, 1.82) is 0 Å². The maximum absolute atomic E-state index is 13.2. The molecule has 0 heterocycles. The van der Waals surface area contributed by atoms with Crippen LogP contribution in [0.15, 0.2) is 72.8 Å². The third kappa shape index (κ3) is 6.79. The van der Waals surface area contributed by atoms with Crippen molar-refractivity contribution in [2.24, 2.45) is 47.3 Å². The first kappa shape index (κ1) is 36.2. The molecule has 3 aromatic rings. The first-order valence-corrected chi connectivity index (χ1v) is 27.9. The molecule has 0 unspecified atom stereocenters. The van der Waals surface area contributed by atoms with Gasteiger partial charge in [0.05, 0.1) is 0 Å². The van der Waals surface area contributed by atoms with Gasteiger partial charge < -0.3 is 0 Å². The van der Waals surface area contributed by atoms with Crippen molar-refractivity contribution in [1.82, 2.24) is 0 Å². The molecule has 0 N–H and O–H groups in total. The van der Waals surface area contributed by atoms with E-state index in [1.807, 2.05) is 72.8 Å². The average Bonchev–Trinajstić information content (AvgIpc) is 3.14. The Morgan fingerprint density at radius 1 is 0.604 bits per heavy atom. The topological polar surface area (TPSA) is 71.1 Å². The van der Waals surface area contributed by atoms with E-state index >= 15 is 0 Å². The number of hydrogen-bond acceptors (Lipinski definition) is 6. The Morgan fingerprint density at radius 3 is 1.51 bits per heavy atom. The first-order valence-electron chi connectivity index (χ1n) is 19.7. The predicted molar refractivity (Wildman–Crippen MR) is 209 cm³/mol. The van der Waals surface area contributed by atoms with Gasteiger partial charge in [0.25, 0.3) is 0 Å². The van der Waals surface area contributed by atoms with E-state index < -0.39 is 21.5 Å². The molecule has 0 amide bonds. The monoisotopic (exact) mass is 874 g/mol. The second-order valence-electron chi connectivity index (χ2n) is 17.5. The van der Waals surface area contributed by atoms with E-state index in [-0.39, 0.29) is 30.8 Å². The van der Waals surface area contributed by atoms with Crippen molar-refractivity contribution >= 4 is 53.0 Å². The molecule has 3 aromatic carbocycles. The summed E-state index contributed by atoms with van der Waals surface area (Å²) >= 11 is -3.96. The molecule has 8 saturated carbocycles. The molecule has 0 aliphatic heterocycles. The molecule has 0 saturated heterocycles. The van der Waals surface area contributed by atoms with Crippen molar-refractivity contribution < 1.29 is 28.5 Å². The van der Waals surface area contributed by atoms with Crippen molar-refractivity contribution in [3.05, 3.63) is 72.8 Å². The summed E-state index contributed by atoms with van der Waals surface area (Å²) < 4.78 is 26.2. The number of carbonyl (C=O) groups is 2. The Hall–Kier alpha value is -2.43. The van der Waals surface area contributed by atoms with E-state index in [2.05, 4.69) is 13.8 Å². The molecule has 9 heteroatoms. The fourth-order valence-corrected chi connectivity index (χ4v) is 19.2. The molecule has 6 nitrogen and oxygen atoms in total. The standard InChI is InChI=1S/C44H50Cl2O6Te/c1-43(32-16-27-14-28(18-32)19-33(43)17-27)51-41(47)25-49-36-8-11-38(12-9-36)53(45,46)40-13-10-37(24-39(40)31-6-4-3-5-7-31)50-26-42(48)52-44(2)34-20-29-15-30(22-34)23-35(44)21-29/h3-13,24,27-30,32-35H,14-23,25-26H2,1-2H3. The second-order valence-corrected chi connectivity index (χ2v) is 30.0. The molecule has 8 aliphatic carbocycles. The first-order chi connectivity index (χ1) is 25.5. The van der Waals surface area contributed by atoms with Crippen LogP contribution in [-0.4, -0.2) is 52.3 Å². The van der Waals surface area contributed by atoms with Gasteiger partial charge in [0.2, 0.25) is 0 Å². The summed E-state index contributed by atoms with van der Waals surface area (Å²) in [7, 11) is 14.8. The van der Waals surface area contributed by atoms with E-state index in [1.54, 1.807) is 0 Å². The van der Waals surface area contributed by atoms with Gasteiger partial charge in [-0.3, -0.25) is 0 Å². The summed E-state index contributed by atoms with van der Waals surface area (Å²) in [6.07, 6.45) is 12.1. The number of rotatable bonds is 11. The van der Waals surface area contributed by atoms with E-state index in [9.17, 15) is 9.59 Å². The van der Waals surface area contributed by atoms with Crippen molar-refractivity contribution in [3.63, 3.8) is 0 Å². The molecule has 282 valence electrons. The summed E-state index contributed by atoms with van der Waals surface area (Å²) in [5, 5.41) is 0. The summed E-state index contributed by atoms with van der Waals surface area (Å²) in [5.74, 6) is 5.57. The Balaban J connectivity index is 0.859. The molecule has 8 aliphatic rings. The van der Waals surface area contributed by atoms with Crippen LogP contribution in [0.4, 0.5) is 0 Å². The van der Waals surface area contributed by atoms with Gasteiger partial charge in [0.15, 0.2) is 0 Å². The third-order valence-electron chi connectivity index (χ3n) is 14.3. The SMILES string of the molecule is CC1(OC(=O)COc2ccc([Te](Cl)(Cl)c3ccc(OCC(=O)OC4(C)C5CC6CC(C5)CC4C6)cc3-c3ccccc3)cc2)C2CC3CC(C2)CC1C3. The zero-order valence-corrected chi connectivity index (χ0v) is 34.5. The minimum atomic E-state index is -3.96. The van der Waals surface area contributed by atoms with Gasteiger partial charge in [0, 0.05) is 0 Å². The Labute approximate surface area is 324 Å². The molecule has 8 bridgehead atoms. The van der Waals surface area contributed by atoms with E-state index in [4.69, 9.17) is 36.9 Å². The minimum absolute atomic E-state index is 0.135. The van der Waals surface area contributed by atoms with Crippen LogP contribution in [0.5, 0.6) is 11.5 Å². The van der Waals surface area contributed by atoms with Crippen LogP contribution in [0.3, 0.4) is 0 Å². The zero-order chi connectivity index (χ0) is 36.5. The van der Waals surface area contributed by atoms with Crippen molar-refractivity contribution in [3.8, 4) is 22.6 Å². The van der Waals surface area contributed by atoms with Crippen LogP contribution in [0, 0.1) is 47.3 Å². The van der Waals surface area contributed by atoms with Gasteiger partial charge in [-0.25, -0.2) is 0 Å². The molecule has 0 aromatic heterocycles. The van der Waals surface area contributed by atoms with Crippen LogP contribution in [0.2, 0.25) is 0 Å². The van der Waals surface area contributed by atoms with Crippen molar-refractivity contribution in [2.45, 2.75) is 89.3 Å². The fourth-order valence-electron chi connectivity index (χ4n) is 11.9. The summed E-state index contributed by atoms with van der Waals surface area (Å²) in [6.45, 7) is 4.02. The van der Waals surface area contributed by atoms with Gasteiger partial charge in [0.1, 0.15) is 0 Å². The number of halogens is 2. The zero-order valence-electron chi connectivity index (χ0n) is 30.6. The molecule has 0 atom stereocenters. The quantitative estimate of drug-likeness (QED) is 0.142. The van der Waals surface area contributed by atoms with Crippen LogP contribution < -0.4 is 16.7 Å². The van der Waals surface area contributed by atoms with E-state index in [1.165, 1.54) is 64.2 Å². The average molecular weight is 873 g/mol. The maximum atomic E-state index is 13.2. The Morgan fingerprint density at radius 2 is 1.04 bits per heavy atom. The van der Waals surface area contributed by atoms with E-state index in [0.29, 0.717) is 35.2 Å². The molecule has 0 spiro atoms. The van der Waals surface area contributed by atoms with Crippen LogP contribution in [-0.2, 0) is 19.1 Å². The van der Waals surface area contributed by atoms with Crippen LogP contribution in [0.1, 0.15) is 78.1 Å². The molecule has 0 radical (unpaired) electrons. The number of hydrogen-bond donors (Lipinski definition) is 0. The van der Waals surface area contributed by atoms with Gasteiger partial charge in [-0.2, -0.15) is 0 Å². The normalized spacial score (nSPS) is 35.2. The summed E-state index contributed by atoms with van der Waals surface area (Å²) in [4.78, 5) is 26.3. The Bertz CT molecular complexity index is 1800. The number of carbonyl (C=O) groups excluding carboxylic acids is 2. The molecule has 11 rings (SSSR count). The number of esters is 2. The van der Waals surface area contributed by atoms with Crippen LogP contribution >= 0.6 is 17.9 Å². The van der Waals surface area contributed by atoms with Gasteiger partial charge in [-0.1, -0.05) is 0 Å². The van der Waals surface area contributed by atoms with Gasteiger partial charge in [-0.05, 0) is 12.8 Å². The molecule has 8 fully saturated rings. The van der Waals surface area contributed by atoms with Crippen LogP contribution in [0.25, 0.3) is 11.1 Å². The van der Waals surface area contributed by atoms with Gasteiger partial charge >= 0.3 is 314 Å². The third-order valence-corrected chi connectivity index (χ3v) is 24.0. The summed E-state index contributed by atoms with van der Waals surface area (Å²) in [5.41, 5.74) is 1.06. The Kier molecular flexibility index (Phi) is 9.53. The summed E-state index contributed by atoms with van der Waals surface area (Å²) in [6, 6.07) is 23.2. The van der Waals surface area contributed by atoms with Gasteiger partial charge in [-0.15, -0.1) is 0 Å². The fraction of sp³-hybridized carbons (Fsp3) is 0.545. The predicted octanol–water partition coefficient (Wildman–Crippen LogP) is 8.66. The number of benzene rings is 3. The van der Waals surface area contributed by atoms with Crippen molar-refractivity contribution in [2.75, 3.05) is 13.2 Å².